The van der Waals surface area contributed by atoms with E-state index in [1.165, 1.54) is 0 Å². The van der Waals surface area contributed by atoms with Gasteiger partial charge in [0, 0.05) is 23.1 Å². The van der Waals surface area contributed by atoms with E-state index in [4.69, 9.17) is 21.1 Å². The monoisotopic (exact) mass is 297 g/mol. The fourth-order valence-electron chi connectivity index (χ4n) is 2.70. The van der Waals surface area contributed by atoms with Gasteiger partial charge in [0.25, 0.3) is 0 Å². The first-order chi connectivity index (χ1) is 9.48. The quantitative estimate of drug-likeness (QED) is 0.846. The number of halogens is 1. The maximum atomic E-state index is 6.09. The van der Waals surface area contributed by atoms with Gasteiger partial charge in [-0.2, -0.15) is 0 Å². The van der Waals surface area contributed by atoms with Crippen LogP contribution in [0.3, 0.4) is 0 Å². The molecule has 0 aromatic heterocycles. The summed E-state index contributed by atoms with van der Waals surface area (Å²) in [5.41, 5.74) is 1.08. The lowest BCUT2D eigenvalue weighted by atomic mass is 9.64. The molecule has 1 aromatic rings. The molecule has 1 aliphatic carbocycles. The zero-order valence-corrected chi connectivity index (χ0v) is 13.5. The van der Waals surface area contributed by atoms with Crippen molar-refractivity contribution in [3.8, 4) is 5.75 Å². The van der Waals surface area contributed by atoms with Crippen molar-refractivity contribution in [2.45, 2.75) is 46.3 Å². The first kappa shape index (κ1) is 15.5. The highest BCUT2D eigenvalue weighted by molar-refractivity contribution is 6.30. The van der Waals surface area contributed by atoms with Gasteiger partial charge in [-0.1, -0.05) is 25.4 Å². The maximum Gasteiger partial charge on any atom is 0.142 e. The molecule has 2 unspecified atom stereocenters. The molecule has 3 nitrogen and oxygen atoms in total. The fraction of sp³-hybridized carbons (Fsp3) is 0.625. The topological polar surface area (TPSA) is 30.5 Å². The predicted molar refractivity (Wildman–Crippen MR) is 83.8 cm³/mol. The number of hydrogen-bond acceptors (Lipinski definition) is 3. The zero-order valence-electron chi connectivity index (χ0n) is 12.7. The van der Waals surface area contributed by atoms with Gasteiger partial charge in [-0.15, -0.1) is 0 Å². The van der Waals surface area contributed by atoms with E-state index in [9.17, 15) is 0 Å². The second kappa shape index (κ2) is 6.23. The van der Waals surface area contributed by atoms with Crippen LogP contribution < -0.4 is 10.1 Å². The molecule has 4 heteroatoms. The lowest BCUT2D eigenvalue weighted by molar-refractivity contribution is -0.0976. The standard InChI is InChI=1S/C16H24ClNO2/c1-5-19-13-8-7-11(17)9-12(13)18-14-10-15(20-6-2)16(14,3)4/h7-9,14-15,18H,5-6,10H2,1-4H3. The summed E-state index contributed by atoms with van der Waals surface area (Å²) in [5, 5.41) is 4.28. The van der Waals surface area contributed by atoms with Gasteiger partial charge in [-0.25, -0.2) is 0 Å². The highest BCUT2D eigenvalue weighted by atomic mass is 35.5. The SMILES string of the molecule is CCOc1ccc(Cl)cc1NC1CC(OCC)C1(C)C. The Bertz CT molecular complexity index is 462. The van der Waals surface area contributed by atoms with Crippen molar-refractivity contribution in [1.82, 2.24) is 0 Å². The van der Waals surface area contributed by atoms with Gasteiger partial charge in [-0.3, -0.25) is 0 Å². The number of anilines is 1. The van der Waals surface area contributed by atoms with Crippen molar-refractivity contribution in [3.63, 3.8) is 0 Å². The smallest absolute Gasteiger partial charge is 0.142 e. The van der Waals surface area contributed by atoms with Gasteiger partial charge in [0.2, 0.25) is 0 Å². The third kappa shape index (κ3) is 3.04. The zero-order chi connectivity index (χ0) is 14.8. The molecule has 0 heterocycles. The Morgan fingerprint density at radius 2 is 2.05 bits per heavy atom. The highest BCUT2D eigenvalue weighted by Gasteiger charge is 2.49. The molecule has 1 N–H and O–H groups in total. The van der Waals surface area contributed by atoms with Gasteiger partial charge in [0.05, 0.1) is 18.4 Å². The molecule has 0 aliphatic heterocycles. The normalized spacial score (nSPS) is 24.1. The van der Waals surface area contributed by atoms with E-state index >= 15 is 0 Å². The highest BCUT2D eigenvalue weighted by Crippen LogP contribution is 2.45. The molecule has 1 fully saturated rings. The van der Waals surface area contributed by atoms with E-state index in [0.717, 1.165) is 29.5 Å². The van der Waals surface area contributed by atoms with E-state index in [-0.39, 0.29) is 5.41 Å². The van der Waals surface area contributed by atoms with Gasteiger partial charge < -0.3 is 14.8 Å². The molecular formula is C16H24ClNO2. The summed E-state index contributed by atoms with van der Waals surface area (Å²) in [5.74, 6) is 0.854. The van der Waals surface area contributed by atoms with Crippen LogP contribution >= 0.6 is 11.6 Å². The summed E-state index contributed by atoms with van der Waals surface area (Å²) in [7, 11) is 0. The number of nitrogens with one attached hydrogen (secondary N) is 1. The lowest BCUT2D eigenvalue weighted by Crippen LogP contribution is -2.58. The lowest BCUT2D eigenvalue weighted by Gasteiger charge is -2.52. The van der Waals surface area contributed by atoms with Crippen LogP contribution in [0.1, 0.15) is 34.1 Å². The summed E-state index contributed by atoms with van der Waals surface area (Å²) >= 11 is 6.09. The summed E-state index contributed by atoms with van der Waals surface area (Å²) in [6.07, 6.45) is 1.33. The predicted octanol–water partition coefficient (Wildman–Crippen LogP) is 4.35. The molecule has 20 heavy (non-hydrogen) atoms. The maximum absolute atomic E-state index is 6.09. The average Bonchev–Trinajstić information content (AvgIpc) is 2.40. The third-order valence-corrected chi connectivity index (χ3v) is 4.35. The number of hydrogen-bond donors (Lipinski definition) is 1. The van der Waals surface area contributed by atoms with Crippen LogP contribution in [0.2, 0.25) is 5.02 Å². The molecule has 112 valence electrons. The Morgan fingerprint density at radius 1 is 1.30 bits per heavy atom. The van der Waals surface area contributed by atoms with E-state index in [1.807, 2.05) is 32.0 Å². The molecule has 1 saturated carbocycles. The number of benzene rings is 1. The van der Waals surface area contributed by atoms with E-state index in [2.05, 4.69) is 19.2 Å². The van der Waals surface area contributed by atoms with Gasteiger partial charge in [0.15, 0.2) is 0 Å². The fourth-order valence-corrected chi connectivity index (χ4v) is 2.87. The second-order valence-corrected chi connectivity index (χ2v) is 6.21. The largest absolute Gasteiger partial charge is 0.492 e. The first-order valence-corrected chi connectivity index (χ1v) is 7.67. The van der Waals surface area contributed by atoms with E-state index in [1.54, 1.807) is 0 Å². The second-order valence-electron chi connectivity index (χ2n) is 5.77. The van der Waals surface area contributed by atoms with Crippen LogP contribution in [-0.2, 0) is 4.74 Å². The van der Waals surface area contributed by atoms with Crippen molar-refractivity contribution in [1.29, 1.82) is 0 Å². The molecule has 0 amide bonds. The van der Waals surface area contributed by atoms with Crippen LogP contribution in [0.15, 0.2) is 18.2 Å². The minimum atomic E-state index is 0.113. The Labute approximate surface area is 126 Å². The Morgan fingerprint density at radius 3 is 2.65 bits per heavy atom. The third-order valence-electron chi connectivity index (χ3n) is 4.12. The van der Waals surface area contributed by atoms with Crippen molar-refractivity contribution in [2.75, 3.05) is 18.5 Å². The molecule has 2 atom stereocenters. The van der Waals surface area contributed by atoms with Crippen LogP contribution in [0.4, 0.5) is 5.69 Å². The Balaban J connectivity index is 2.09. The average molecular weight is 298 g/mol. The summed E-state index contributed by atoms with van der Waals surface area (Å²) in [6.45, 7) is 9.91. The van der Waals surface area contributed by atoms with Crippen molar-refractivity contribution >= 4 is 17.3 Å². The minimum absolute atomic E-state index is 0.113. The number of rotatable bonds is 6. The summed E-state index contributed by atoms with van der Waals surface area (Å²) in [4.78, 5) is 0. The summed E-state index contributed by atoms with van der Waals surface area (Å²) in [6, 6.07) is 6.07. The van der Waals surface area contributed by atoms with E-state index < -0.39 is 0 Å². The van der Waals surface area contributed by atoms with Crippen LogP contribution in [0.25, 0.3) is 0 Å². The Kier molecular flexibility index (Phi) is 4.82. The number of ether oxygens (including phenoxy) is 2. The van der Waals surface area contributed by atoms with Crippen LogP contribution in [-0.4, -0.2) is 25.4 Å². The molecular weight excluding hydrogens is 274 g/mol. The van der Waals surface area contributed by atoms with Crippen LogP contribution in [0.5, 0.6) is 5.75 Å². The summed E-state index contributed by atoms with van der Waals surface area (Å²) < 4.78 is 11.4. The van der Waals surface area contributed by atoms with Crippen molar-refractivity contribution in [2.24, 2.45) is 5.41 Å². The Hall–Kier alpha value is -0.930. The van der Waals surface area contributed by atoms with E-state index in [0.29, 0.717) is 18.8 Å². The molecule has 1 aliphatic rings. The van der Waals surface area contributed by atoms with Crippen molar-refractivity contribution in [3.05, 3.63) is 23.2 Å². The molecule has 0 radical (unpaired) electrons. The molecule has 0 bridgehead atoms. The van der Waals surface area contributed by atoms with Gasteiger partial charge in [-0.05, 0) is 38.5 Å². The van der Waals surface area contributed by atoms with Crippen molar-refractivity contribution < 1.29 is 9.47 Å². The minimum Gasteiger partial charge on any atom is -0.492 e. The van der Waals surface area contributed by atoms with Gasteiger partial charge in [0.1, 0.15) is 5.75 Å². The molecule has 1 aromatic carbocycles. The molecule has 0 saturated heterocycles. The molecule has 2 rings (SSSR count). The van der Waals surface area contributed by atoms with Crippen LogP contribution in [0, 0.1) is 5.41 Å². The molecule has 0 spiro atoms. The van der Waals surface area contributed by atoms with Gasteiger partial charge >= 0.3 is 0 Å². The first-order valence-electron chi connectivity index (χ1n) is 7.29.